The summed E-state index contributed by atoms with van der Waals surface area (Å²) in [4.78, 5) is 0. The number of hydrogen-bond donors (Lipinski definition) is 0. The first kappa shape index (κ1) is 5.48. The first-order valence-electron chi connectivity index (χ1n) is 2.78. The molecule has 1 fully saturated rings. The van der Waals surface area contributed by atoms with Crippen LogP contribution in [0, 0.1) is 0 Å². The number of allylic oxidation sites excluding steroid dienone is 1. The second-order valence-corrected chi connectivity index (χ2v) is 1.85. The number of rotatable bonds is 0. The topological polar surface area (TPSA) is 18.5 Å². The largest absolute Gasteiger partial charge is 0.462 e. The standard InChI is InChI=1S/C6H10O2/c1-3-6-7-4-5(2)8-6/h3,5H,4H2,1-2H3/b6-3-. The monoisotopic (exact) mass is 114 g/mol. The summed E-state index contributed by atoms with van der Waals surface area (Å²) in [6, 6.07) is 0. The van der Waals surface area contributed by atoms with Gasteiger partial charge in [0, 0.05) is 0 Å². The summed E-state index contributed by atoms with van der Waals surface area (Å²) >= 11 is 0. The fraction of sp³-hybridized carbons (Fsp3) is 0.667. The third-order valence-corrected chi connectivity index (χ3v) is 1.01. The minimum absolute atomic E-state index is 0.237. The van der Waals surface area contributed by atoms with E-state index in [1.54, 1.807) is 0 Å². The molecule has 1 unspecified atom stereocenters. The zero-order valence-corrected chi connectivity index (χ0v) is 5.18. The average molecular weight is 114 g/mol. The van der Waals surface area contributed by atoms with Crippen molar-refractivity contribution in [2.24, 2.45) is 0 Å². The van der Waals surface area contributed by atoms with E-state index in [-0.39, 0.29) is 6.10 Å². The van der Waals surface area contributed by atoms with E-state index in [1.165, 1.54) is 0 Å². The van der Waals surface area contributed by atoms with Crippen LogP contribution in [-0.2, 0) is 9.47 Å². The van der Waals surface area contributed by atoms with E-state index in [2.05, 4.69) is 0 Å². The Balaban J connectivity index is 2.44. The average Bonchev–Trinajstić information content (AvgIpc) is 2.14. The second-order valence-electron chi connectivity index (χ2n) is 1.85. The molecular weight excluding hydrogens is 104 g/mol. The zero-order chi connectivity index (χ0) is 5.98. The summed E-state index contributed by atoms with van der Waals surface area (Å²) in [6.45, 7) is 4.57. The van der Waals surface area contributed by atoms with Crippen molar-refractivity contribution >= 4 is 0 Å². The lowest BCUT2D eigenvalue weighted by Crippen LogP contribution is -2.00. The number of hydrogen-bond acceptors (Lipinski definition) is 2. The molecule has 0 saturated carbocycles. The smallest absolute Gasteiger partial charge is 0.275 e. The predicted molar refractivity (Wildman–Crippen MR) is 30.3 cm³/mol. The van der Waals surface area contributed by atoms with Gasteiger partial charge in [-0.3, -0.25) is 0 Å². The highest BCUT2D eigenvalue weighted by Crippen LogP contribution is 2.12. The Morgan fingerprint density at radius 2 is 2.50 bits per heavy atom. The van der Waals surface area contributed by atoms with Gasteiger partial charge in [-0.15, -0.1) is 0 Å². The van der Waals surface area contributed by atoms with Gasteiger partial charge in [0.15, 0.2) is 0 Å². The molecule has 1 saturated heterocycles. The van der Waals surface area contributed by atoms with Crippen LogP contribution in [0.1, 0.15) is 13.8 Å². The van der Waals surface area contributed by atoms with E-state index in [4.69, 9.17) is 9.47 Å². The third kappa shape index (κ3) is 0.941. The lowest BCUT2D eigenvalue weighted by Gasteiger charge is -1.95. The molecule has 2 nitrogen and oxygen atoms in total. The van der Waals surface area contributed by atoms with Crippen molar-refractivity contribution in [3.05, 3.63) is 12.0 Å². The van der Waals surface area contributed by atoms with Gasteiger partial charge in [0.2, 0.25) is 0 Å². The Hall–Kier alpha value is -0.660. The molecule has 8 heavy (non-hydrogen) atoms. The Morgan fingerprint density at radius 3 is 2.75 bits per heavy atom. The Morgan fingerprint density at radius 1 is 1.75 bits per heavy atom. The molecule has 0 radical (unpaired) electrons. The molecule has 1 rings (SSSR count). The molecule has 1 atom stereocenters. The molecule has 0 aliphatic carbocycles. The van der Waals surface area contributed by atoms with Crippen LogP contribution >= 0.6 is 0 Å². The van der Waals surface area contributed by atoms with Crippen molar-refractivity contribution in [3.8, 4) is 0 Å². The molecule has 2 heteroatoms. The lowest BCUT2D eigenvalue weighted by molar-refractivity contribution is 0.149. The molecule has 1 heterocycles. The van der Waals surface area contributed by atoms with E-state index >= 15 is 0 Å². The van der Waals surface area contributed by atoms with Gasteiger partial charge in [-0.25, -0.2) is 0 Å². The SMILES string of the molecule is C/C=C1/OCC(C)O1. The maximum atomic E-state index is 5.15. The minimum atomic E-state index is 0.237. The molecule has 1 aliphatic heterocycles. The van der Waals surface area contributed by atoms with Gasteiger partial charge in [0.25, 0.3) is 5.95 Å². The van der Waals surface area contributed by atoms with E-state index in [1.807, 2.05) is 19.9 Å². The zero-order valence-electron chi connectivity index (χ0n) is 5.18. The molecule has 0 aromatic carbocycles. The quantitative estimate of drug-likeness (QED) is 0.472. The molecule has 0 aromatic heterocycles. The van der Waals surface area contributed by atoms with Gasteiger partial charge >= 0.3 is 0 Å². The highest BCUT2D eigenvalue weighted by atomic mass is 16.7. The molecule has 46 valence electrons. The van der Waals surface area contributed by atoms with Crippen LogP contribution in [-0.4, -0.2) is 12.7 Å². The Labute approximate surface area is 49.1 Å². The fourth-order valence-electron chi connectivity index (χ4n) is 0.617. The van der Waals surface area contributed by atoms with E-state index < -0.39 is 0 Å². The van der Waals surface area contributed by atoms with Gasteiger partial charge in [-0.05, 0) is 19.9 Å². The summed E-state index contributed by atoms with van der Waals surface area (Å²) in [6.07, 6.45) is 2.06. The van der Waals surface area contributed by atoms with Crippen LogP contribution in [0.4, 0.5) is 0 Å². The van der Waals surface area contributed by atoms with Crippen molar-refractivity contribution in [1.29, 1.82) is 0 Å². The van der Waals surface area contributed by atoms with E-state index in [0.717, 1.165) is 0 Å². The van der Waals surface area contributed by atoms with Gasteiger partial charge in [0.05, 0.1) is 0 Å². The Bertz CT molecular complexity index is 107. The summed E-state index contributed by atoms with van der Waals surface area (Å²) in [5, 5.41) is 0. The lowest BCUT2D eigenvalue weighted by atomic mass is 10.5. The molecule has 0 N–H and O–H groups in total. The first-order valence-corrected chi connectivity index (χ1v) is 2.78. The number of ether oxygens (including phenoxy) is 2. The van der Waals surface area contributed by atoms with Gasteiger partial charge in [0.1, 0.15) is 12.7 Å². The van der Waals surface area contributed by atoms with Crippen molar-refractivity contribution in [2.45, 2.75) is 20.0 Å². The third-order valence-electron chi connectivity index (χ3n) is 1.01. The maximum absolute atomic E-state index is 5.15. The van der Waals surface area contributed by atoms with Crippen LogP contribution in [0.15, 0.2) is 12.0 Å². The van der Waals surface area contributed by atoms with Crippen molar-refractivity contribution in [2.75, 3.05) is 6.61 Å². The summed E-state index contributed by atoms with van der Waals surface area (Å²) in [5.41, 5.74) is 0. The van der Waals surface area contributed by atoms with Gasteiger partial charge in [-0.2, -0.15) is 0 Å². The molecular formula is C6H10O2. The summed E-state index contributed by atoms with van der Waals surface area (Å²) in [7, 11) is 0. The minimum Gasteiger partial charge on any atom is -0.462 e. The van der Waals surface area contributed by atoms with Crippen LogP contribution < -0.4 is 0 Å². The molecule has 0 amide bonds. The fourth-order valence-corrected chi connectivity index (χ4v) is 0.617. The van der Waals surface area contributed by atoms with Crippen LogP contribution in [0.25, 0.3) is 0 Å². The summed E-state index contributed by atoms with van der Waals surface area (Å²) < 4.78 is 10.2. The van der Waals surface area contributed by atoms with Crippen LogP contribution in [0.3, 0.4) is 0 Å². The van der Waals surface area contributed by atoms with Crippen LogP contribution in [0.2, 0.25) is 0 Å². The molecule has 0 aromatic rings. The van der Waals surface area contributed by atoms with Gasteiger partial charge < -0.3 is 9.47 Å². The first-order chi connectivity index (χ1) is 3.83. The second kappa shape index (κ2) is 2.07. The van der Waals surface area contributed by atoms with Crippen molar-refractivity contribution in [3.63, 3.8) is 0 Å². The summed E-state index contributed by atoms with van der Waals surface area (Å²) in [5.74, 6) is 0.664. The molecule has 0 bridgehead atoms. The van der Waals surface area contributed by atoms with Gasteiger partial charge in [-0.1, -0.05) is 0 Å². The Kier molecular flexibility index (Phi) is 1.42. The normalized spacial score (nSPS) is 32.2. The molecule has 0 spiro atoms. The highest BCUT2D eigenvalue weighted by molar-refractivity contribution is 4.84. The maximum Gasteiger partial charge on any atom is 0.275 e. The van der Waals surface area contributed by atoms with E-state index in [9.17, 15) is 0 Å². The van der Waals surface area contributed by atoms with Crippen molar-refractivity contribution in [1.82, 2.24) is 0 Å². The van der Waals surface area contributed by atoms with Crippen LogP contribution in [0.5, 0.6) is 0 Å². The predicted octanol–water partition coefficient (Wildman–Crippen LogP) is 1.28. The molecule has 1 aliphatic rings. The van der Waals surface area contributed by atoms with E-state index in [0.29, 0.717) is 12.6 Å². The highest BCUT2D eigenvalue weighted by Gasteiger charge is 2.14. The van der Waals surface area contributed by atoms with Crippen molar-refractivity contribution < 1.29 is 9.47 Å².